The van der Waals surface area contributed by atoms with Gasteiger partial charge in [-0.25, -0.2) is 0 Å². The highest BCUT2D eigenvalue weighted by atomic mass is 16.5. The molecule has 8 heteroatoms. The Balaban J connectivity index is 1.78. The van der Waals surface area contributed by atoms with E-state index in [9.17, 15) is 24.3 Å². The average Bonchev–Trinajstić information content (AvgIpc) is 3.33. The first-order chi connectivity index (χ1) is 19.6. The number of hydrogen-bond acceptors (Lipinski definition) is 6. The van der Waals surface area contributed by atoms with Gasteiger partial charge in [-0.05, 0) is 68.8 Å². The summed E-state index contributed by atoms with van der Waals surface area (Å²) in [5, 5.41) is 11.3. The van der Waals surface area contributed by atoms with Gasteiger partial charge in [0, 0.05) is 17.1 Å². The molecule has 3 aromatic rings. The van der Waals surface area contributed by atoms with E-state index in [2.05, 4.69) is 0 Å². The van der Waals surface area contributed by atoms with Gasteiger partial charge in [0.15, 0.2) is 22.9 Å². The number of benzene rings is 3. The summed E-state index contributed by atoms with van der Waals surface area (Å²) in [7, 11) is 1.49. The minimum absolute atomic E-state index is 0.0762. The van der Waals surface area contributed by atoms with Crippen molar-refractivity contribution in [1.82, 2.24) is 0 Å². The van der Waals surface area contributed by atoms with Gasteiger partial charge in [0.1, 0.15) is 5.75 Å². The van der Waals surface area contributed by atoms with Gasteiger partial charge in [-0.2, -0.15) is 0 Å². The molecular formula is C33H28N2O6. The van der Waals surface area contributed by atoms with Crippen molar-refractivity contribution in [3.05, 3.63) is 119 Å². The Hall–Kier alpha value is -5.24. The molecule has 1 unspecified atom stereocenters. The number of carbonyl (C=O) groups excluding carboxylic acids is 4. The number of amides is 2. The number of ketones is 2. The highest BCUT2D eigenvalue weighted by molar-refractivity contribution is 6.34. The van der Waals surface area contributed by atoms with Crippen LogP contribution in [-0.4, -0.2) is 41.1 Å². The van der Waals surface area contributed by atoms with Crippen LogP contribution in [-0.2, 0) is 19.2 Å². The third-order valence-electron chi connectivity index (χ3n) is 7.36. The van der Waals surface area contributed by atoms with Crippen molar-refractivity contribution in [2.24, 2.45) is 0 Å². The number of Topliss-reactive ketones (excluding diaryl/α,β-unsaturated/α-hetero) is 1. The molecule has 0 aliphatic carbocycles. The van der Waals surface area contributed by atoms with Gasteiger partial charge >= 0.3 is 0 Å². The molecule has 206 valence electrons. The predicted octanol–water partition coefficient (Wildman–Crippen LogP) is 5.09. The summed E-state index contributed by atoms with van der Waals surface area (Å²) in [4.78, 5) is 58.2. The van der Waals surface area contributed by atoms with Crippen molar-refractivity contribution < 1.29 is 29.0 Å². The molecule has 2 amide bonds. The summed E-state index contributed by atoms with van der Waals surface area (Å²) >= 11 is 0. The highest BCUT2D eigenvalue weighted by Crippen LogP contribution is 2.51. The molecule has 41 heavy (non-hydrogen) atoms. The van der Waals surface area contributed by atoms with Crippen LogP contribution in [0.2, 0.25) is 0 Å². The summed E-state index contributed by atoms with van der Waals surface area (Å²) in [5.41, 5.74) is -0.235. The molecule has 1 spiro atoms. The van der Waals surface area contributed by atoms with Gasteiger partial charge < -0.3 is 9.84 Å². The molecule has 0 aromatic heterocycles. The number of anilines is 2. The molecule has 0 bridgehead atoms. The smallest absolute Gasteiger partial charge is 0.295 e. The second kappa shape index (κ2) is 10.4. The lowest BCUT2D eigenvalue weighted by Gasteiger charge is -2.36. The number of rotatable bonds is 7. The normalized spacial score (nSPS) is 18.8. The molecule has 2 aliphatic rings. The number of aliphatic hydroxyl groups is 1. The zero-order chi connectivity index (χ0) is 29.5. The van der Waals surface area contributed by atoms with Crippen molar-refractivity contribution in [3.63, 3.8) is 0 Å². The third-order valence-corrected chi connectivity index (χ3v) is 7.36. The summed E-state index contributed by atoms with van der Waals surface area (Å²) in [5.74, 6) is -3.41. The van der Waals surface area contributed by atoms with Crippen LogP contribution in [0.25, 0.3) is 6.08 Å². The van der Waals surface area contributed by atoms with Crippen molar-refractivity contribution in [1.29, 1.82) is 0 Å². The van der Waals surface area contributed by atoms with E-state index in [-0.39, 0.29) is 17.0 Å². The first-order valence-electron chi connectivity index (χ1n) is 13.0. The van der Waals surface area contributed by atoms with Crippen LogP contribution in [0.1, 0.15) is 25.0 Å². The second-order valence-corrected chi connectivity index (χ2v) is 9.87. The number of allylic oxidation sites excluding steroid dienone is 2. The van der Waals surface area contributed by atoms with E-state index in [0.29, 0.717) is 17.0 Å². The molecule has 8 nitrogen and oxygen atoms in total. The summed E-state index contributed by atoms with van der Waals surface area (Å²) in [6.07, 6.45) is 2.72. The van der Waals surface area contributed by atoms with Gasteiger partial charge in [-0.3, -0.25) is 29.0 Å². The molecule has 0 saturated carbocycles. The Morgan fingerprint density at radius 2 is 1.46 bits per heavy atom. The minimum atomic E-state index is -2.24. The molecule has 3 aromatic carbocycles. The molecular weight excluding hydrogens is 520 g/mol. The maximum absolute atomic E-state index is 14.7. The highest BCUT2D eigenvalue weighted by Gasteiger charge is 2.67. The van der Waals surface area contributed by atoms with Crippen LogP contribution in [0.3, 0.4) is 0 Å². The van der Waals surface area contributed by atoms with Crippen molar-refractivity contribution in [3.8, 4) is 5.75 Å². The Kier molecular flexibility index (Phi) is 6.92. The molecule has 2 heterocycles. The van der Waals surface area contributed by atoms with Gasteiger partial charge in [0.2, 0.25) is 0 Å². The van der Waals surface area contributed by atoms with Gasteiger partial charge in [0.25, 0.3) is 11.8 Å². The fraction of sp³-hybridized carbons (Fsp3) is 0.152. The largest absolute Gasteiger partial charge is 0.503 e. The Morgan fingerprint density at radius 3 is 2.05 bits per heavy atom. The van der Waals surface area contributed by atoms with Crippen molar-refractivity contribution in [2.45, 2.75) is 26.3 Å². The molecule has 0 radical (unpaired) electrons. The summed E-state index contributed by atoms with van der Waals surface area (Å²) in [6.45, 7) is 4.77. The Morgan fingerprint density at radius 1 is 0.854 bits per heavy atom. The fourth-order valence-corrected chi connectivity index (χ4v) is 5.55. The number of hydrogen-bond donors (Lipinski definition) is 1. The maximum Gasteiger partial charge on any atom is 0.295 e. The zero-order valence-corrected chi connectivity index (χ0v) is 23.0. The molecule has 0 fully saturated rings. The van der Waals surface area contributed by atoms with Crippen LogP contribution in [0.15, 0.2) is 108 Å². The van der Waals surface area contributed by atoms with Gasteiger partial charge in [0.05, 0.1) is 18.3 Å². The Bertz CT molecular complexity index is 1670. The molecule has 0 saturated heterocycles. The van der Waals surface area contributed by atoms with Crippen molar-refractivity contribution >= 4 is 40.8 Å². The van der Waals surface area contributed by atoms with E-state index in [4.69, 9.17) is 4.74 Å². The summed E-state index contributed by atoms with van der Waals surface area (Å²) in [6, 6.07) is 22.3. The second-order valence-electron chi connectivity index (χ2n) is 9.87. The standard InChI is InChI=1S/C33H28N2O6/c1-20-10-13-24(14-11-20)34-21(2)28(22(3)36)33(32(34)40)29(27(37)19-12-23-8-6-5-7-9-23)30(38)31(39)35(33)25-15-17-26(41-4)18-16-25/h5-19,38H,1-4H3. The van der Waals surface area contributed by atoms with Crippen LogP contribution in [0.4, 0.5) is 11.4 Å². The summed E-state index contributed by atoms with van der Waals surface area (Å²) < 4.78 is 5.25. The average molecular weight is 549 g/mol. The molecule has 2 aliphatic heterocycles. The molecule has 5 rings (SSSR count). The van der Waals surface area contributed by atoms with Crippen LogP contribution < -0.4 is 14.5 Å². The van der Waals surface area contributed by atoms with Crippen LogP contribution in [0, 0.1) is 6.92 Å². The van der Waals surface area contributed by atoms with E-state index >= 15 is 0 Å². The lowest BCUT2D eigenvalue weighted by atomic mass is 9.78. The quantitative estimate of drug-likeness (QED) is 0.413. The minimum Gasteiger partial charge on any atom is -0.503 e. The van der Waals surface area contributed by atoms with Crippen LogP contribution in [0.5, 0.6) is 5.75 Å². The molecule has 1 N–H and O–H groups in total. The first-order valence-corrected chi connectivity index (χ1v) is 13.0. The number of aliphatic hydroxyl groups excluding tert-OH is 1. The number of carbonyl (C=O) groups is 4. The predicted molar refractivity (Wildman–Crippen MR) is 155 cm³/mol. The van der Waals surface area contributed by atoms with Crippen LogP contribution >= 0.6 is 0 Å². The van der Waals surface area contributed by atoms with E-state index in [1.807, 2.05) is 25.1 Å². The van der Waals surface area contributed by atoms with E-state index in [1.54, 1.807) is 55.5 Å². The van der Waals surface area contributed by atoms with E-state index in [1.165, 1.54) is 43.2 Å². The number of ether oxygens (including phenoxy) is 1. The monoisotopic (exact) mass is 548 g/mol. The van der Waals surface area contributed by atoms with Crippen molar-refractivity contribution in [2.75, 3.05) is 16.9 Å². The fourth-order valence-electron chi connectivity index (χ4n) is 5.55. The van der Waals surface area contributed by atoms with E-state index in [0.717, 1.165) is 10.5 Å². The number of methoxy groups -OCH3 is 1. The number of aryl methyl sites for hydroxylation is 1. The number of nitrogens with zero attached hydrogens (tertiary/aromatic N) is 2. The van der Waals surface area contributed by atoms with Gasteiger partial charge in [-0.15, -0.1) is 0 Å². The zero-order valence-electron chi connectivity index (χ0n) is 23.0. The SMILES string of the molecule is COc1ccc(N2C(=O)C(O)=C(C(=O)C=Cc3ccccc3)C23C(=O)N(c2ccc(C)cc2)C(C)=C3C(C)=O)cc1. The lowest BCUT2D eigenvalue weighted by Crippen LogP contribution is -2.58. The topological polar surface area (TPSA) is 104 Å². The third kappa shape index (κ3) is 4.24. The van der Waals surface area contributed by atoms with Gasteiger partial charge in [-0.1, -0.05) is 54.1 Å². The lowest BCUT2D eigenvalue weighted by molar-refractivity contribution is -0.125. The Labute approximate surface area is 237 Å². The maximum atomic E-state index is 14.7. The molecule has 1 atom stereocenters. The van der Waals surface area contributed by atoms with E-state index < -0.39 is 40.3 Å². The first kappa shape index (κ1) is 27.3.